The molecule has 1 aliphatic heterocycles. The Morgan fingerprint density at radius 3 is 2.81 bits per heavy atom. The summed E-state index contributed by atoms with van der Waals surface area (Å²) in [5, 5.41) is 6.73. The standard InChI is InChI=1S/C25H33N5O2/c1-26-25(27-12-4-13-31-17-22-11-14-32-18-22)28-15-20-7-9-21(10-8-20)16-30-19-29-23-5-2-3-6-24(23)30/h2-3,5-10,19,22H,4,11-18H2,1H3,(H2,26,27,28). The zero-order valence-electron chi connectivity index (χ0n) is 18.8. The maximum absolute atomic E-state index is 5.75. The van der Waals surface area contributed by atoms with Crippen LogP contribution >= 0.6 is 0 Å². The Morgan fingerprint density at radius 1 is 1.16 bits per heavy atom. The largest absolute Gasteiger partial charge is 0.381 e. The lowest BCUT2D eigenvalue weighted by molar-refractivity contribution is 0.0888. The molecule has 4 rings (SSSR count). The molecule has 170 valence electrons. The molecule has 2 heterocycles. The second-order valence-electron chi connectivity index (χ2n) is 8.19. The first kappa shape index (κ1) is 22.3. The number of aromatic nitrogens is 2. The molecule has 0 bridgehead atoms. The average molecular weight is 436 g/mol. The monoisotopic (exact) mass is 435 g/mol. The molecule has 0 radical (unpaired) electrons. The van der Waals surface area contributed by atoms with E-state index in [2.05, 4.69) is 61.6 Å². The predicted octanol–water partition coefficient (Wildman–Crippen LogP) is 3.19. The number of benzene rings is 2. The molecule has 0 saturated carbocycles. The van der Waals surface area contributed by atoms with Crippen LogP contribution in [0.1, 0.15) is 24.0 Å². The minimum absolute atomic E-state index is 0.572. The Balaban J connectivity index is 1.16. The molecule has 1 saturated heterocycles. The van der Waals surface area contributed by atoms with E-state index in [0.717, 1.165) is 75.9 Å². The Hall–Kier alpha value is -2.90. The van der Waals surface area contributed by atoms with Gasteiger partial charge in [0.05, 0.1) is 30.6 Å². The van der Waals surface area contributed by atoms with Crippen molar-refractivity contribution in [3.8, 4) is 0 Å². The molecule has 1 atom stereocenters. The highest BCUT2D eigenvalue weighted by Crippen LogP contribution is 2.15. The van der Waals surface area contributed by atoms with Crippen LogP contribution in [0.25, 0.3) is 11.0 Å². The van der Waals surface area contributed by atoms with Crippen molar-refractivity contribution in [3.05, 3.63) is 66.0 Å². The number of ether oxygens (including phenoxy) is 2. The lowest BCUT2D eigenvalue weighted by Crippen LogP contribution is -2.37. The summed E-state index contributed by atoms with van der Waals surface area (Å²) >= 11 is 0. The fourth-order valence-corrected chi connectivity index (χ4v) is 3.85. The Bertz CT molecular complexity index is 993. The molecule has 7 nitrogen and oxygen atoms in total. The quantitative estimate of drug-likeness (QED) is 0.291. The van der Waals surface area contributed by atoms with Gasteiger partial charge in [-0.3, -0.25) is 4.99 Å². The molecule has 0 amide bonds. The van der Waals surface area contributed by atoms with Gasteiger partial charge in [0, 0.05) is 45.8 Å². The minimum Gasteiger partial charge on any atom is -0.381 e. The van der Waals surface area contributed by atoms with Crippen LogP contribution in [-0.2, 0) is 22.6 Å². The van der Waals surface area contributed by atoms with Crippen molar-refractivity contribution in [3.63, 3.8) is 0 Å². The molecular formula is C25H33N5O2. The number of nitrogens with zero attached hydrogens (tertiary/aromatic N) is 3. The summed E-state index contributed by atoms with van der Waals surface area (Å²) in [4.78, 5) is 8.78. The zero-order valence-corrected chi connectivity index (χ0v) is 18.8. The summed E-state index contributed by atoms with van der Waals surface area (Å²) in [5.41, 5.74) is 4.66. The van der Waals surface area contributed by atoms with E-state index in [1.807, 2.05) is 18.5 Å². The molecule has 7 heteroatoms. The van der Waals surface area contributed by atoms with Crippen LogP contribution < -0.4 is 10.6 Å². The van der Waals surface area contributed by atoms with Crippen LogP contribution in [0.2, 0.25) is 0 Å². The number of rotatable bonds is 10. The molecule has 1 aliphatic rings. The van der Waals surface area contributed by atoms with Gasteiger partial charge >= 0.3 is 0 Å². The first-order valence-corrected chi connectivity index (χ1v) is 11.4. The van der Waals surface area contributed by atoms with Crippen LogP contribution in [0, 0.1) is 5.92 Å². The summed E-state index contributed by atoms with van der Waals surface area (Å²) in [5.74, 6) is 1.38. The van der Waals surface area contributed by atoms with Crippen molar-refractivity contribution in [1.29, 1.82) is 0 Å². The number of guanidine groups is 1. The number of imidazole rings is 1. The fourth-order valence-electron chi connectivity index (χ4n) is 3.85. The summed E-state index contributed by atoms with van der Waals surface area (Å²) in [6, 6.07) is 16.9. The van der Waals surface area contributed by atoms with Gasteiger partial charge in [0.1, 0.15) is 0 Å². The third-order valence-electron chi connectivity index (χ3n) is 5.72. The van der Waals surface area contributed by atoms with Gasteiger partial charge in [-0.1, -0.05) is 36.4 Å². The Morgan fingerprint density at radius 2 is 2.00 bits per heavy atom. The van der Waals surface area contributed by atoms with Gasteiger partial charge in [-0.2, -0.15) is 0 Å². The van der Waals surface area contributed by atoms with E-state index >= 15 is 0 Å². The van der Waals surface area contributed by atoms with Crippen molar-refractivity contribution in [2.75, 3.05) is 40.0 Å². The number of aliphatic imine (C=N–C) groups is 1. The number of fused-ring (bicyclic) bond motifs is 1. The smallest absolute Gasteiger partial charge is 0.191 e. The average Bonchev–Trinajstić information content (AvgIpc) is 3.49. The van der Waals surface area contributed by atoms with Gasteiger partial charge < -0.3 is 24.7 Å². The Kier molecular flexibility index (Phi) is 8.11. The van der Waals surface area contributed by atoms with Crippen molar-refractivity contribution in [2.24, 2.45) is 10.9 Å². The van der Waals surface area contributed by atoms with Crippen LogP contribution in [0.4, 0.5) is 0 Å². The SMILES string of the molecule is CN=C(NCCCOCC1CCOC1)NCc1ccc(Cn2cnc3ccccc32)cc1. The zero-order chi connectivity index (χ0) is 22.0. The summed E-state index contributed by atoms with van der Waals surface area (Å²) in [7, 11) is 1.80. The number of nitrogens with one attached hydrogen (secondary N) is 2. The molecule has 2 aromatic carbocycles. The van der Waals surface area contributed by atoms with E-state index in [1.165, 1.54) is 11.1 Å². The molecule has 2 N–H and O–H groups in total. The van der Waals surface area contributed by atoms with Gasteiger partial charge in [-0.05, 0) is 36.1 Å². The predicted molar refractivity (Wildman–Crippen MR) is 128 cm³/mol. The molecule has 1 fully saturated rings. The van der Waals surface area contributed by atoms with E-state index in [4.69, 9.17) is 9.47 Å². The minimum atomic E-state index is 0.572. The van der Waals surface area contributed by atoms with Gasteiger partial charge in [-0.25, -0.2) is 4.98 Å². The summed E-state index contributed by atoms with van der Waals surface area (Å²) in [6.45, 7) is 5.66. The number of para-hydroxylation sites is 2. The van der Waals surface area contributed by atoms with Gasteiger partial charge in [-0.15, -0.1) is 0 Å². The second kappa shape index (κ2) is 11.6. The van der Waals surface area contributed by atoms with Crippen LogP contribution in [0.15, 0.2) is 59.9 Å². The third kappa shape index (κ3) is 6.31. The van der Waals surface area contributed by atoms with E-state index in [9.17, 15) is 0 Å². The maximum Gasteiger partial charge on any atom is 0.191 e. The van der Waals surface area contributed by atoms with E-state index in [0.29, 0.717) is 5.92 Å². The fraction of sp³-hybridized carbons (Fsp3) is 0.440. The van der Waals surface area contributed by atoms with Gasteiger partial charge in [0.25, 0.3) is 0 Å². The van der Waals surface area contributed by atoms with E-state index < -0.39 is 0 Å². The first-order chi connectivity index (χ1) is 15.8. The number of hydrogen-bond acceptors (Lipinski definition) is 4. The second-order valence-corrected chi connectivity index (χ2v) is 8.19. The molecule has 1 aromatic heterocycles. The van der Waals surface area contributed by atoms with Crippen molar-refractivity contribution in [1.82, 2.24) is 20.2 Å². The highest BCUT2D eigenvalue weighted by atomic mass is 16.5. The Labute approximate surface area is 189 Å². The first-order valence-electron chi connectivity index (χ1n) is 11.4. The lowest BCUT2D eigenvalue weighted by atomic mass is 10.1. The third-order valence-corrected chi connectivity index (χ3v) is 5.72. The normalized spacial score (nSPS) is 16.5. The van der Waals surface area contributed by atoms with Gasteiger partial charge in [0.2, 0.25) is 0 Å². The van der Waals surface area contributed by atoms with Crippen LogP contribution in [0.5, 0.6) is 0 Å². The van der Waals surface area contributed by atoms with Crippen LogP contribution in [-0.4, -0.2) is 55.5 Å². The highest BCUT2D eigenvalue weighted by Gasteiger charge is 2.15. The van der Waals surface area contributed by atoms with E-state index in [-0.39, 0.29) is 0 Å². The van der Waals surface area contributed by atoms with Crippen molar-refractivity contribution < 1.29 is 9.47 Å². The topological polar surface area (TPSA) is 72.7 Å². The summed E-state index contributed by atoms with van der Waals surface area (Å²) in [6.07, 6.45) is 3.98. The molecule has 3 aromatic rings. The van der Waals surface area contributed by atoms with Gasteiger partial charge in [0.15, 0.2) is 5.96 Å². The molecule has 0 aliphatic carbocycles. The highest BCUT2D eigenvalue weighted by molar-refractivity contribution is 5.79. The molecule has 32 heavy (non-hydrogen) atoms. The summed E-state index contributed by atoms with van der Waals surface area (Å²) < 4.78 is 13.3. The molecule has 0 spiro atoms. The van der Waals surface area contributed by atoms with Crippen LogP contribution in [0.3, 0.4) is 0 Å². The van der Waals surface area contributed by atoms with Crippen molar-refractivity contribution >= 4 is 17.0 Å². The molecular weight excluding hydrogens is 402 g/mol. The van der Waals surface area contributed by atoms with E-state index in [1.54, 1.807) is 7.05 Å². The van der Waals surface area contributed by atoms with Crippen molar-refractivity contribution in [2.45, 2.75) is 25.9 Å². The lowest BCUT2D eigenvalue weighted by Gasteiger charge is -2.13. The maximum atomic E-state index is 5.75. The number of hydrogen-bond donors (Lipinski definition) is 2. The molecule has 1 unspecified atom stereocenters.